The van der Waals surface area contributed by atoms with Gasteiger partial charge in [-0.3, -0.25) is 19.2 Å². The summed E-state index contributed by atoms with van der Waals surface area (Å²) in [4.78, 5) is 61.1. The van der Waals surface area contributed by atoms with Gasteiger partial charge in [0, 0.05) is 12.8 Å². The normalized spacial score (nSPS) is 14.4. The van der Waals surface area contributed by atoms with E-state index in [9.17, 15) is 29.1 Å². The Morgan fingerprint density at radius 2 is 1.42 bits per heavy atom. The second kappa shape index (κ2) is 14.8. The van der Waals surface area contributed by atoms with Gasteiger partial charge in [0.2, 0.25) is 17.7 Å². The molecule has 0 aromatic heterocycles. The zero-order valence-electron chi connectivity index (χ0n) is 21.2. The lowest BCUT2D eigenvalue weighted by Gasteiger charge is -2.27. The maximum absolute atomic E-state index is 13.2. The molecule has 11 nitrogen and oxygen atoms in total. The van der Waals surface area contributed by atoms with E-state index in [1.165, 1.54) is 0 Å². The van der Waals surface area contributed by atoms with Crippen molar-refractivity contribution in [1.29, 1.82) is 0 Å². The van der Waals surface area contributed by atoms with Gasteiger partial charge in [0.1, 0.15) is 18.1 Å². The summed E-state index contributed by atoms with van der Waals surface area (Å²) in [5.41, 5.74) is 6.54. The van der Waals surface area contributed by atoms with Gasteiger partial charge in [-0.05, 0) is 30.2 Å². The number of amides is 3. The van der Waals surface area contributed by atoms with Crippen LogP contribution in [0.15, 0.2) is 30.3 Å². The lowest BCUT2D eigenvalue weighted by Crippen LogP contribution is -2.59. The van der Waals surface area contributed by atoms with Crippen LogP contribution in [0.4, 0.5) is 0 Å². The number of carboxylic acid groups (broad SMARTS) is 2. The number of carbonyl (C=O) groups is 5. The van der Waals surface area contributed by atoms with Crippen LogP contribution < -0.4 is 21.7 Å². The third kappa shape index (κ3) is 10.9. The monoisotopic (exact) mass is 506 g/mol. The van der Waals surface area contributed by atoms with Gasteiger partial charge in [-0.2, -0.15) is 0 Å². The summed E-state index contributed by atoms with van der Waals surface area (Å²) in [5.74, 6) is -4.62. The van der Waals surface area contributed by atoms with E-state index in [4.69, 9.17) is 10.8 Å². The molecular weight excluding hydrogens is 468 g/mol. The molecule has 0 bridgehead atoms. The average molecular weight is 507 g/mol. The van der Waals surface area contributed by atoms with Crippen LogP contribution in [0.2, 0.25) is 0 Å². The Labute approximate surface area is 211 Å². The first-order chi connectivity index (χ1) is 16.8. The van der Waals surface area contributed by atoms with Crippen LogP contribution in [0.25, 0.3) is 0 Å². The minimum Gasteiger partial charge on any atom is -0.481 e. The molecule has 3 amide bonds. The Morgan fingerprint density at radius 3 is 1.92 bits per heavy atom. The lowest BCUT2D eigenvalue weighted by molar-refractivity contribution is -0.143. The fourth-order valence-corrected chi connectivity index (χ4v) is 3.49. The smallest absolute Gasteiger partial charge is 0.326 e. The van der Waals surface area contributed by atoms with Crippen molar-refractivity contribution in [3.8, 4) is 0 Å². The Bertz CT molecular complexity index is 905. The Morgan fingerprint density at radius 1 is 0.833 bits per heavy atom. The number of nitrogens with one attached hydrogen (secondary N) is 3. The molecule has 200 valence electrons. The van der Waals surface area contributed by atoms with Gasteiger partial charge in [-0.25, -0.2) is 4.79 Å². The van der Waals surface area contributed by atoms with Gasteiger partial charge in [0.15, 0.2) is 0 Å². The second-order valence-electron chi connectivity index (χ2n) is 9.55. The molecule has 11 heteroatoms. The molecule has 4 atom stereocenters. The molecule has 0 radical (unpaired) electrons. The molecule has 0 spiro atoms. The molecule has 0 saturated carbocycles. The van der Waals surface area contributed by atoms with Crippen molar-refractivity contribution in [2.75, 3.05) is 0 Å². The van der Waals surface area contributed by atoms with Gasteiger partial charge in [0.25, 0.3) is 0 Å². The van der Waals surface area contributed by atoms with E-state index in [2.05, 4.69) is 16.0 Å². The zero-order valence-corrected chi connectivity index (χ0v) is 21.2. The number of rotatable bonds is 15. The number of aliphatic carboxylic acids is 2. The largest absolute Gasteiger partial charge is 0.481 e. The molecule has 4 unspecified atom stereocenters. The molecule has 0 aliphatic rings. The van der Waals surface area contributed by atoms with Crippen LogP contribution in [0.5, 0.6) is 0 Å². The van der Waals surface area contributed by atoms with E-state index >= 15 is 0 Å². The van der Waals surface area contributed by atoms with E-state index in [0.29, 0.717) is 0 Å². The van der Waals surface area contributed by atoms with Crippen LogP contribution in [0.1, 0.15) is 52.5 Å². The lowest BCUT2D eigenvalue weighted by atomic mass is 9.99. The predicted octanol–water partition coefficient (Wildman–Crippen LogP) is 0.662. The van der Waals surface area contributed by atoms with E-state index in [-0.39, 0.29) is 37.5 Å². The van der Waals surface area contributed by atoms with Crippen LogP contribution in [0.3, 0.4) is 0 Å². The Balaban J connectivity index is 3.05. The van der Waals surface area contributed by atoms with Gasteiger partial charge in [-0.15, -0.1) is 0 Å². The topological polar surface area (TPSA) is 188 Å². The van der Waals surface area contributed by atoms with Crippen molar-refractivity contribution >= 4 is 29.7 Å². The van der Waals surface area contributed by atoms with Gasteiger partial charge >= 0.3 is 11.9 Å². The van der Waals surface area contributed by atoms with Crippen molar-refractivity contribution in [2.24, 2.45) is 17.6 Å². The highest BCUT2D eigenvalue weighted by Gasteiger charge is 2.32. The molecule has 0 fully saturated rings. The van der Waals surface area contributed by atoms with Crippen LogP contribution in [-0.4, -0.2) is 64.0 Å². The van der Waals surface area contributed by atoms with Crippen LogP contribution in [-0.2, 0) is 30.4 Å². The number of carboxylic acids is 2. The maximum Gasteiger partial charge on any atom is 0.326 e. The van der Waals surface area contributed by atoms with E-state index in [1.54, 1.807) is 44.2 Å². The highest BCUT2D eigenvalue weighted by Crippen LogP contribution is 2.10. The highest BCUT2D eigenvalue weighted by molar-refractivity contribution is 5.94. The molecule has 1 aromatic rings. The summed E-state index contributed by atoms with van der Waals surface area (Å²) in [6.45, 7) is 7.08. The molecule has 36 heavy (non-hydrogen) atoms. The average Bonchev–Trinajstić information content (AvgIpc) is 2.79. The molecule has 0 saturated heterocycles. The first-order valence-electron chi connectivity index (χ1n) is 12.0. The first-order valence-corrected chi connectivity index (χ1v) is 12.0. The highest BCUT2D eigenvalue weighted by atomic mass is 16.4. The number of carbonyl (C=O) groups excluding carboxylic acids is 3. The van der Waals surface area contributed by atoms with Crippen molar-refractivity contribution in [2.45, 2.75) is 77.5 Å². The second-order valence-corrected chi connectivity index (χ2v) is 9.55. The SMILES string of the molecule is CC(C)CC(NC(=O)C(NC(=O)C(Cc1ccccc1)NC(=O)C(N)CCC(=O)O)C(C)C)C(=O)O. The zero-order chi connectivity index (χ0) is 27.4. The standard InChI is InChI=1S/C25H38N4O7/c1-14(2)12-19(25(35)36)28-24(34)21(15(3)4)29-23(33)18(13-16-8-6-5-7-9-16)27-22(32)17(26)10-11-20(30)31/h5-9,14-15,17-19,21H,10-13,26H2,1-4H3,(H,27,32)(H,28,34)(H,29,33)(H,30,31)(H,35,36). The molecule has 1 rings (SSSR count). The van der Waals surface area contributed by atoms with Crippen molar-refractivity contribution in [1.82, 2.24) is 16.0 Å². The van der Waals surface area contributed by atoms with E-state index in [0.717, 1.165) is 5.56 Å². The van der Waals surface area contributed by atoms with Crippen LogP contribution in [0, 0.1) is 11.8 Å². The molecule has 0 heterocycles. The Kier molecular flexibility index (Phi) is 12.6. The minimum absolute atomic E-state index is 0.0225. The predicted molar refractivity (Wildman–Crippen MR) is 133 cm³/mol. The van der Waals surface area contributed by atoms with Crippen LogP contribution >= 0.6 is 0 Å². The van der Waals surface area contributed by atoms with Crippen molar-refractivity contribution in [3.63, 3.8) is 0 Å². The fourth-order valence-electron chi connectivity index (χ4n) is 3.49. The number of benzene rings is 1. The molecule has 7 N–H and O–H groups in total. The summed E-state index contributed by atoms with van der Waals surface area (Å²) in [6.07, 6.45) is -0.0898. The van der Waals surface area contributed by atoms with E-state index < -0.39 is 53.8 Å². The molecular formula is C25H38N4O7. The number of hydrogen-bond donors (Lipinski definition) is 6. The molecule has 0 aliphatic heterocycles. The molecule has 0 aliphatic carbocycles. The fraction of sp³-hybridized carbons (Fsp3) is 0.560. The quantitative estimate of drug-likeness (QED) is 0.200. The Hall–Kier alpha value is -3.47. The molecule has 1 aromatic carbocycles. The van der Waals surface area contributed by atoms with Gasteiger partial charge in [0.05, 0.1) is 6.04 Å². The van der Waals surface area contributed by atoms with Crippen molar-refractivity contribution in [3.05, 3.63) is 35.9 Å². The summed E-state index contributed by atoms with van der Waals surface area (Å²) in [5, 5.41) is 26.0. The van der Waals surface area contributed by atoms with Gasteiger partial charge in [-0.1, -0.05) is 58.0 Å². The maximum atomic E-state index is 13.2. The third-order valence-electron chi connectivity index (χ3n) is 5.49. The summed E-state index contributed by atoms with van der Waals surface area (Å²) in [7, 11) is 0. The van der Waals surface area contributed by atoms with Crippen molar-refractivity contribution < 1.29 is 34.2 Å². The third-order valence-corrected chi connectivity index (χ3v) is 5.49. The number of hydrogen-bond acceptors (Lipinski definition) is 6. The first kappa shape index (κ1) is 30.6. The summed E-state index contributed by atoms with van der Waals surface area (Å²) >= 11 is 0. The van der Waals surface area contributed by atoms with E-state index in [1.807, 2.05) is 13.8 Å². The minimum atomic E-state index is -1.17. The number of nitrogens with two attached hydrogens (primary N) is 1. The summed E-state index contributed by atoms with van der Waals surface area (Å²) < 4.78 is 0. The van der Waals surface area contributed by atoms with Gasteiger partial charge < -0.3 is 31.9 Å². The summed E-state index contributed by atoms with van der Waals surface area (Å²) in [6, 6.07) is 4.49.